The summed E-state index contributed by atoms with van der Waals surface area (Å²) in [5.41, 5.74) is 0. The lowest BCUT2D eigenvalue weighted by molar-refractivity contribution is -0.143. The van der Waals surface area contributed by atoms with Crippen LogP contribution in [0, 0.1) is 5.92 Å². The van der Waals surface area contributed by atoms with E-state index in [4.69, 9.17) is 4.74 Å². The van der Waals surface area contributed by atoms with E-state index in [9.17, 15) is 4.79 Å². The molecule has 0 radical (unpaired) electrons. The highest BCUT2D eigenvalue weighted by Crippen LogP contribution is 2.20. The van der Waals surface area contributed by atoms with Crippen LogP contribution in [0.3, 0.4) is 0 Å². The zero-order valence-electron chi connectivity index (χ0n) is 8.79. The SMILES string of the molecule is C=CCC(C)C(=O)OC1=CCCCC1. The van der Waals surface area contributed by atoms with Crippen molar-refractivity contribution in [3.63, 3.8) is 0 Å². The normalized spacial score (nSPS) is 18.2. The Hall–Kier alpha value is -1.05. The molecule has 2 heteroatoms. The summed E-state index contributed by atoms with van der Waals surface area (Å²) >= 11 is 0. The summed E-state index contributed by atoms with van der Waals surface area (Å²) < 4.78 is 5.28. The molecule has 0 amide bonds. The summed E-state index contributed by atoms with van der Waals surface area (Å²) in [5, 5.41) is 0. The van der Waals surface area contributed by atoms with Gasteiger partial charge in [0.05, 0.1) is 5.92 Å². The van der Waals surface area contributed by atoms with E-state index >= 15 is 0 Å². The zero-order valence-corrected chi connectivity index (χ0v) is 8.79. The number of carbonyl (C=O) groups is 1. The Morgan fingerprint density at radius 3 is 3.07 bits per heavy atom. The lowest BCUT2D eigenvalue weighted by Crippen LogP contribution is -2.14. The molecule has 0 aliphatic heterocycles. The Bertz CT molecular complexity index is 241. The molecule has 0 fully saturated rings. The first-order valence-electron chi connectivity index (χ1n) is 5.25. The first-order chi connectivity index (χ1) is 6.74. The van der Waals surface area contributed by atoms with E-state index in [0.29, 0.717) is 6.42 Å². The largest absolute Gasteiger partial charge is 0.431 e. The molecule has 0 aromatic rings. The van der Waals surface area contributed by atoms with Crippen LogP contribution in [0.15, 0.2) is 24.5 Å². The molecule has 0 bridgehead atoms. The van der Waals surface area contributed by atoms with Gasteiger partial charge in [-0.15, -0.1) is 6.58 Å². The van der Waals surface area contributed by atoms with Crippen molar-refractivity contribution in [2.45, 2.75) is 39.0 Å². The van der Waals surface area contributed by atoms with Crippen LogP contribution >= 0.6 is 0 Å². The molecule has 0 saturated heterocycles. The lowest BCUT2D eigenvalue weighted by Gasteiger charge is -2.14. The predicted octanol–water partition coefficient (Wildman–Crippen LogP) is 3.20. The fourth-order valence-electron chi connectivity index (χ4n) is 1.48. The standard InChI is InChI=1S/C12H18O2/c1-3-7-10(2)12(13)14-11-8-5-4-6-9-11/h3,8,10H,1,4-7,9H2,2H3. The fourth-order valence-corrected chi connectivity index (χ4v) is 1.48. The molecule has 0 aromatic heterocycles. The van der Waals surface area contributed by atoms with E-state index in [-0.39, 0.29) is 11.9 Å². The first-order valence-corrected chi connectivity index (χ1v) is 5.25. The molecule has 78 valence electrons. The van der Waals surface area contributed by atoms with Gasteiger partial charge in [-0.1, -0.05) is 13.0 Å². The fraction of sp³-hybridized carbons (Fsp3) is 0.583. The molecule has 14 heavy (non-hydrogen) atoms. The lowest BCUT2D eigenvalue weighted by atomic mass is 10.1. The Morgan fingerprint density at radius 1 is 1.71 bits per heavy atom. The van der Waals surface area contributed by atoms with Crippen LogP contribution < -0.4 is 0 Å². The van der Waals surface area contributed by atoms with Crippen molar-refractivity contribution in [1.29, 1.82) is 0 Å². The Kier molecular flexibility index (Phi) is 4.44. The Labute approximate surface area is 85.6 Å². The van der Waals surface area contributed by atoms with Gasteiger partial charge in [0.2, 0.25) is 0 Å². The van der Waals surface area contributed by atoms with Gasteiger partial charge in [-0.2, -0.15) is 0 Å². The molecule has 1 aliphatic carbocycles. The van der Waals surface area contributed by atoms with Crippen molar-refractivity contribution in [2.24, 2.45) is 5.92 Å². The van der Waals surface area contributed by atoms with E-state index in [1.54, 1.807) is 6.08 Å². The second-order valence-electron chi connectivity index (χ2n) is 3.76. The molecule has 1 unspecified atom stereocenters. The van der Waals surface area contributed by atoms with E-state index in [0.717, 1.165) is 25.0 Å². The molecule has 0 aromatic carbocycles. The van der Waals surface area contributed by atoms with Crippen molar-refractivity contribution in [3.8, 4) is 0 Å². The summed E-state index contributed by atoms with van der Waals surface area (Å²) in [6.45, 7) is 5.48. The molecule has 1 aliphatic rings. The number of ether oxygens (including phenoxy) is 1. The van der Waals surface area contributed by atoms with Gasteiger partial charge < -0.3 is 4.74 Å². The average Bonchev–Trinajstić information content (AvgIpc) is 2.19. The highest BCUT2D eigenvalue weighted by molar-refractivity contribution is 5.73. The van der Waals surface area contributed by atoms with E-state index in [1.165, 1.54) is 6.42 Å². The summed E-state index contributed by atoms with van der Waals surface area (Å²) in [7, 11) is 0. The third-order valence-corrected chi connectivity index (χ3v) is 2.40. The van der Waals surface area contributed by atoms with Gasteiger partial charge in [-0.3, -0.25) is 4.79 Å². The van der Waals surface area contributed by atoms with Gasteiger partial charge in [0, 0.05) is 6.42 Å². The van der Waals surface area contributed by atoms with Crippen LogP contribution in [-0.2, 0) is 9.53 Å². The van der Waals surface area contributed by atoms with Gasteiger partial charge in [0.15, 0.2) is 0 Å². The summed E-state index contributed by atoms with van der Waals surface area (Å²) in [6.07, 6.45) is 8.76. The average molecular weight is 194 g/mol. The molecule has 2 nitrogen and oxygen atoms in total. The number of hydrogen-bond acceptors (Lipinski definition) is 2. The zero-order chi connectivity index (χ0) is 10.4. The molecule has 1 atom stereocenters. The van der Waals surface area contributed by atoms with Gasteiger partial charge in [-0.25, -0.2) is 0 Å². The highest BCUT2D eigenvalue weighted by Gasteiger charge is 2.15. The number of allylic oxidation sites excluding steroid dienone is 3. The van der Waals surface area contributed by atoms with Gasteiger partial charge in [0.1, 0.15) is 5.76 Å². The van der Waals surface area contributed by atoms with E-state index < -0.39 is 0 Å². The monoisotopic (exact) mass is 194 g/mol. The smallest absolute Gasteiger partial charge is 0.314 e. The molecular formula is C12H18O2. The van der Waals surface area contributed by atoms with Crippen LogP contribution in [-0.4, -0.2) is 5.97 Å². The van der Waals surface area contributed by atoms with Crippen LogP contribution in [0.4, 0.5) is 0 Å². The van der Waals surface area contributed by atoms with Crippen LogP contribution in [0.5, 0.6) is 0 Å². The number of carbonyl (C=O) groups excluding carboxylic acids is 1. The van der Waals surface area contributed by atoms with Crippen LogP contribution in [0.1, 0.15) is 39.0 Å². The minimum absolute atomic E-state index is 0.0738. The molecule has 0 N–H and O–H groups in total. The maximum Gasteiger partial charge on any atom is 0.314 e. The first kappa shape index (κ1) is 11.0. The van der Waals surface area contributed by atoms with Crippen LogP contribution in [0.2, 0.25) is 0 Å². The van der Waals surface area contributed by atoms with Crippen molar-refractivity contribution >= 4 is 5.97 Å². The van der Waals surface area contributed by atoms with Crippen molar-refractivity contribution in [3.05, 3.63) is 24.5 Å². The third-order valence-electron chi connectivity index (χ3n) is 2.40. The third kappa shape index (κ3) is 3.36. The molecule has 0 heterocycles. The van der Waals surface area contributed by atoms with Crippen molar-refractivity contribution < 1.29 is 9.53 Å². The number of hydrogen-bond donors (Lipinski definition) is 0. The van der Waals surface area contributed by atoms with Crippen LogP contribution in [0.25, 0.3) is 0 Å². The number of rotatable bonds is 4. The van der Waals surface area contributed by atoms with Crippen molar-refractivity contribution in [2.75, 3.05) is 0 Å². The topological polar surface area (TPSA) is 26.3 Å². The maximum atomic E-state index is 11.5. The number of esters is 1. The summed E-state index contributed by atoms with van der Waals surface area (Å²) in [4.78, 5) is 11.5. The minimum Gasteiger partial charge on any atom is -0.431 e. The molecule has 1 rings (SSSR count). The van der Waals surface area contributed by atoms with Crippen molar-refractivity contribution in [1.82, 2.24) is 0 Å². The van der Waals surface area contributed by atoms with Gasteiger partial charge in [0.25, 0.3) is 0 Å². The Balaban J connectivity index is 2.38. The van der Waals surface area contributed by atoms with E-state index in [2.05, 4.69) is 6.58 Å². The molecular weight excluding hydrogens is 176 g/mol. The molecule has 0 saturated carbocycles. The second kappa shape index (κ2) is 5.63. The van der Waals surface area contributed by atoms with Gasteiger partial charge in [-0.05, 0) is 31.8 Å². The quantitative estimate of drug-likeness (QED) is 0.507. The highest BCUT2D eigenvalue weighted by atomic mass is 16.5. The summed E-state index contributed by atoms with van der Waals surface area (Å²) in [6, 6.07) is 0. The summed E-state index contributed by atoms with van der Waals surface area (Å²) in [5.74, 6) is 0.658. The second-order valence-corrected chi connectivity index (χ2v) is 3.76. The minimum atomic E-state index is -0.127. The Morgan fingerprint density at radius 2 is 2.50 bits per heavy atom. The van der Waals surface area contributed by atoms with E-state index in [1.807, 2.05) is 13.0 Å². The molecule has 0 spiro atoms. The van der Waals surface area contributed by atoms with Gasteiger partial charge >= 0.3 is 5.97 Å². The maximum absolute atomic E-state index is 11.5. The predicted molar refractivity (Wildman–Crippen MR) is 56.6 cm³/mol.